The van der Waals surface area contributed by atoms with Crippen molar-refractivity contribution < 1.29 is 37.4 Å². The number of halogens is 1. The zero-order valence-corrected chi connectivity index (χ0v) is 21.0. The van der Waals surface area contributed by atoms with E-state index in [1.165, 1.54) is 19.1 Å². The first kappa shape index (κ1) is 27.8. The molecule has 198 valence electrons. The number of nitrogens with one attached hydrogen (secondary N) is 2. The number of hydrogen-bond donors (Lipinski definition) is 3. The van der Waals surface area contributed by atoms with Crippen molar-refractivity contribution in [1.82, 2.24) is 14.6 Å². The SMILES string of the molecule is CC(C)OC(=O)C(C)N[P@@](=O)(OCC1O[C@@H](n2ccc(=O)[nH]c2=O)[C@](C)(F)[C@@H]1O)Oc1ccccc1. The second-order valence-corrected chi connectivity index (χ2v) is 10.4. The molecule has 1 fully saturated rings. The third kappa shape index (κ3) is 6.48. The number of aliphatic hydroxyl groups excluding tert-OH is 1. The van der Waals surface area contributed by atoms with Crippen LogP contribution in [0.1, 0.15) is 33.9 Å². The van der Waals surface area contributed by atoms with Gasteiger partial charge < -0.3 is 19.1 Å². The molecule has 0 amide bonds. The molecule has 0 radical (unpaired) electrons. The number of H-pyrrole nitrogens is 1. The Labute approximate surface area is 205 Å². The van der Waals surface area contributed by atoms with Gasteiger partial charge in [0.05, 0.1) is 12.7 Å². The van der Waals surface area contributed by atoms with Crippen molar-refractivity contribution in [3.8, 4) is 5.75 Å². The summed E-state index contributed by atoms with van der Waals surface area (Å²) < 4.78 is 51.4. The largest absolute Gasteiger partial charge is 0.462 e. The van der Waals surface area contributed by atoms with E-state index in [1.807, 2.05) is 4.98 Å². The lowest BCUT2D eigenvalue weighted by atomic mass is 9.98. The number of esters is 1. The number of aliphatic hydroxyl groups is 1. The van der Waals surface area contributed by atoms with E-state index in [9.17, 15) is 24.1 Å². The number of para-hydroxylation sites is 1. The van der Waals surface area contributed by atoms with Gasteiger partial charge in [-0.2, -0.15) is 5.09 Å². The molecule has 1 aliphatic rings. The van der Waals surface area contributed by atoms with Crippen LogP contribution in [0.5, 0.6) is 5.75 Å². The molecule has 1 aliphatic heterocycles. The van der Waals surface area contributed by atoms with Gasteiger partial charge in [-0.1, -0.05) is 18.2 Å². The smallest absolute Gasteiger partial charge is 0.459 e. The zero-order chi connectivity index (χ0) is 26.7. The van der Waals surface area contributed by atoms with Crippen LogP contribution in [0.2, 0.25) is 0 Å². The molecular formula is C22H29FN3O9P. The first-order chi connectivity index (χ1) is 16.8. The minimum absolute atomic E-state index is 0.152. The Balaban J connectivity index is 1.80. The lowest BCUT2D eigenvalue weighted by Gasteiger charge is -2.25. The first-order valence-electron chi connectivity index (χ1n) is 11.1. The summed E-state index contributed by atoms with van der Waals surface area (Å²) in [5, 5.41) is 13.0. The minimum Gasteiger partial charge on any atom is -0.462 e. The molecule has 2 unspecified atom stereocenters. The fraction of sp³-hybridized carbons (Fsp3) is 0.500. The third-order valence-corrected chi connectivity index (χ3v) is 6.90. The Bertz CT molecular complexity index is 1220. The lowest BCUT2D eigenvalue weighted by Crippen LogP contribution is -2.43. The van der Waals surface area contributed by atoms with E-state index in [1.54, 1.807) is 32.0 Å². The summed E-state index contributed by atoms with van der Waals surface area (Å²) in [6.45, 7) is 5.07. The van der Waals surface area contributed by atoms with E-state index in [2.05, 4.69) is 5.09 Å². The molecule has 2 heterocycles. The Morgan fingerprint density at radius 2 is 1.94 bits per heavy atom. The standard InChI is InChI=1S/C22H29FN3O9P/c1-13(2)33-19(29)14(3)25-36(31,35-15-8-6-5-7-9-15)32-12-16-18(28)22(4,23)20(34-16)26-11-10-17(27)24-21(26)30/h5-11,13-14,16,18,20,28H,12H2,1-4H3,(H,25,31)(H,24,27,30)/t14?,16?,18-,20-,22-,36-/m1/s1. The van der Waals surface area contributed by atoms with Crippen LogP contribution < -0.4 is 20.9 Å². The van der Waals surface area contributed by atoms with E-state index in [0.29, 0.717) is 0 Å². The van der Waals surface area contributed by atoms with Gasteiger partial charge in [-0.25, -0.2) is 13.8 Å². The highest BCUT2D eigenvalue weighted by Crippen LogP contribution is 2.47. The molecule has 3 N–H and O–H groups in total. The van der Waals surface area contributed by atoms with Crippen molar-refractivity contribution in [2.45, 2.75) is 63.9 Å². The monoisotopic (exact) mass is 529 g/mol. The predicted octanol–water partition coefficient (Wildman–Crippen LogP) is 1.66. The number of ether oxygens (including phenoxy) is 2. The number of rotatable bonds is 10. The average Bonchev–Trinajstić information content (AvgIpc) is 3.01. The number of aromatic amines is 1. The molecule has 1 saturated heterocycles. The molecule has 1 aromatic carbocycles. The Morgan fingerprint density at radius 1 is 1.28 bits per heavy atom. The van der Waals surface area contributed by atoms with E-state index in [-0.39, 0.29) is 5.75 Å². The van der Waals surface area contributed by atoms with Gasteiger partial charge in [0.2, 0.25) is 0 Å². The van der Waals surface area contributed by atoms with Crippen LogP contribution in [0.15, 0.2) is 52.2 Å². The molecule has 12 nitrogen and oxygen atoms in total. The molecule has 3 rings (SSSR count). The van der Waals surface area contributed by atoms with Gasteiger partial charge in [0.15, 0.2) is 11.9 Å². The van der Waals surface area contributed by atoms with Crippen molar-refractivity contribution in [3.63, 3.8) is 0 Å². The van der Waals surface area contributed by atoms with Crippen LogP contribution in [-0.4, -0.2) is 57.3 Å². The molecule has 0 bridgehead atoms. The third-order valence-electron chi connectivity index (χ3n) is 5.26. The molecule has 14 heteroatoms. The van der Waals surface area contributed by atoms with E-state index >= 15 is 4.39 Å². The van der Waals surface area contributed by atoms with E-state index in [0.717, 1.165) is 23.8 Å². The molecule has 0 aliphatic carbocycles. The Kier molecular flexibility index (Phi) is 8.52. The number of alkyl halides is 1. The summed E-state index contributed by atoms with van der Waals surface area (Å²) >= 11 is 0. The van der Waals surface area contributed by atoms with Crippen LogP contribution in [0.25, 0.3) is 0 Å². The number of nitrogens with zero attached hydrogens (tertiary/aromatic N) is 1. The summed E-state index contributed by atoms with van der Waals surface area (Å²) in [4.78, 5) is 37.7. The van der Waals surface area contributed by atoms with Crippen LogP contribution in [0, 0.1) is 0 Å². The number of benzene rings is 1. The lowest BCUT2D eigenvalue weighted by molar-refractivity contribution is -0.149. The number of carbonyl (C=O) groups is 1. The maximum Gasteiger partial charge on any atom is 0.459 e. The summed E-state index contributed by atoms with van der Waals surface area (Å²) in [7, 11) is -4.30. The molecule has 6 atom stereocenters. The van der Waals surface area contributed by atoms with Gasteiger partial charge in [-0.05, 0) is 39.8 Å². The average molecular weight is 529 g/mol. The van der Waals surface area contributed by atoms with Crippen LogP contribution in [0.3, 0.4) is 0 Å². The predicted molar refractivity (Wildman–Crippen MR) is 125 cm³/mol. The summed E-state index contributed by atoms with van der Waals surface area (Å²) in [6, 6.07) is 7.86. The van der Waals surface area contributed by atoms with Crippen molar-refractivity contribution in [3.05, 3.63) is 63.4 Å². The van der Waals surface area contributed by atoms with Crippen molar-refractivity contribution in [2.75, 3.05) is 6.61 Å². The number of aromatic nitrogens is 2. The van der Waals surface area contributed by atoms with Crippen LogP contribution in [0.4, 0.5) is 4.39 Å². The molecule has 2 aromatic rings. The van der Waals surface area contributed by atoms with Gasteiger partial charge in [0.25, 0.3) is 5.56 Å². The molecule has 1 aromatic heterocycles. The number of hydrogen-bond acceptors (Lipinski definition) is 9. The fourth-order valence-corrected chi connectivity index (χ4v) is 4.97. The van der Waals surface area contributed by atoms with Crippen molar-refractivity contribution >= 4 is 13.7 Å². The maximum atomic E-state index is 15.4. The van der Waals surface area contributed by atoms with Crippen molar-refractivity contribution in [1.29, 1.82) is 0 Å². The highest BCUT2D eigenvalue weighted by atomic mass is 31.2. The van der Waals surface area contributed by atoms with Gasteiger partial charge in [0.1, 0.15) is 24.0 Å². The molecule has 0 saturated carbocycles. The van der Waals surface area contributed by atoms with Gasteiger partial charge >= 0.3 is 19.4 Å². The normalized spacial score (nSPS) is 26.4. The van der Waals surface area contributed by atoms with Gasteiger partial charge in [-0.3, -0.25) is 23.7 Å². The van der Waals surface area contributed by atoms with Gasteiger partial charge in [0, 0.05) is 12.3 Å². The number of carbonyl (C=O) groups excluding carboxylic acids is 1. The second kappa shape index (κ2) is 11.1. The first-order valence-corrected chi connectivity index (χ1v) is 12.7. The highest BCUT2D eigenvalue weighted by molar-refractivity contribution is 7.52. The summed E-state index contributed by atoms with van der Waals surface area (Å²) in [6.07, 6.45) is -4.21. The van der Waals surface area contributed by atoms with Gasteiger partial charge in [-0.15, -0.1) is 0 Å². The fourth-order valence-electron chi connectivity index (χ4n) is 3.47. The van der Waals surface area contributed by atoms with E-state index < -0.39 is 67.8 Å². The second-order valence-electron chi connectivity index (χ2n) is 8.67. The van der Waals surface area contributed by atoms with Crippen LogP contribution >= 0.6 is 7.75 Å². The zero-order valence-electron chi connectivity index (χ0n) is 20.1. The highest BCUT2D eigenvalue weighted by Gasteiger charge is 2.55. The van der Waals surface area contributed by atoms with E-state index in [4.69, 9.17) is 18.5 Å². The quantitative estimate of drug-likeness (QED) is 0.305. The van der Waals surface area contributed by atoms with Crippen LogP contribution in [-0.2, 0) is 23.4 Å². The topological polar surface area (TPSA) is 158 Å². The Hall–Kier alpha value is -2.83. The summed E-state index contributed by atoms with van der Waals surface area (Å²) in [5.74, 6) is -0.560. The minimum atomic E-state index is -4.30. The Morgan fingerprint density at radius 3 is 2.56 bits per heavy atom. The molecule has 36 heavy (non-hydrogen) atoms. The maximum absolute atomic E-state index is 15.4. The summed E-state index contributed by atoms with van der Waals surface area (Å²) in [5.41, 5.74) is -4.12. The van der Waals surface area contributed by atoms with Crippen molar-refractivity contribution in [2.24, 2.45) is 0 Å². The molecule has 0 spiro atoms. The molecular weight excluding hydrogens is 500 g/mol.